The van der Waals surface area contributed by atoms with Gasteiger partial charge in [0.05, 0.1) is 16.4 Å². The zero-order chi connectivity index (χ0) is 22.5. The Kier molecular flexibility index (Phi) is 6.39. The number of pyridine rings is 1. The first kappa shape index (κ1) is 21.3. The summed E-state index contributed by atoms with van der Waals surface area (Å²) in [5, 5.41) is 8.85. The molecule has 0 radical (unpaired) electrons. The fourth-order valence-electron chi connectivity index (χ4n) is 3.98. The van der Waals surface area contributed by atoms with E-state index >= 15 is 0 Å². The molecule has 1 amide bonds. The lowest BCUT2D eigenvalue weighted by Gasteiger charge is -2.06. The number of nitrogens with zero attached hydrogens (tertiary/aromatic N) is 4. The number of hydrogen-bond donors (Lipinski definition) is 1. The maximum absolute atomic E-state index is 12.5. The third-order valence-corrected chi connectivity index (χ3v) is 6.86. The van der Waals surface area contributed by atoms with Crippen molar-refractivity contribution in [3.8, 4) is 16.9 Å². The molecule has 166 valence electrons. The molecule has 0 spiro atoms. The second kappa shape index (κ2) is 9.92. The molecular weight excluding hydrogens is 430 g/mol. The molecule has 1 aliphatic rings. The fraction of sp³-hybridized carbons (Fsp3) is 0.231. The quantitative estimate of drug-likeness (QED) is 0.412. The molecule has 0 fully saturated rings. The zero-order valence-electron chi connectivity index (χ0n) is 18.3. The highest BCUT2D eigenvalue weighted by atomic mass is 32.1. The molecule has 1 N–H and O–H groups in total. The van der Waals surface area contributed by atoms with Crippen LogP contribution >= 0.6 is 11.3 Å². The van der Waals surface area contributed by atoms with Crippen LogP contribution < -0.4 is 5.32 Å². The molecule has 33 heavy (non-hydrogen) atoms. The Hall–Kier alpha value is -3.58. The summed E-state index contributed by atoms with van der Waals surface area (Å²) in [4.78, 5) is 22.9. The van der Waals surface area contributed by atoms with Crippen LogP contribution in [-0.4, -0.2) is 32.2 Å². The molecule has 3 heterocycles. The van der Waals surface area contributed by atoms with Gasteiger partial charge in [0, 0.05) is 53.6 Å². The van der Waals surface area contributed by atoms with Gasteiger partial charge in [-0.25, -0.2) is 9.67 Å². The predicted molar refractivity (Wildman–Crippen MR) is 131 cm³/mol. The maximum Gasteiger partial charge on any atom is 0.244 e. The van der Waals surface area contributed by atoms with E-state index in [1.165, 1.54) is 23.4 Å². The van der Waals surface area contributed by atoms with Crippen LogP contribution in [0.25, 0.3) is 23.0 Å². The summed E-state index contributed by atoms with van der Waals surface area (Å²) >= 11 is 1.80. The van der Waals surface area contributed by atoms with Gasteiger partial charge in [0.15, 0.2) is 0 Å². The molecule has 7 heteroatoms. The minimum absolute atomic E-state index is 0.124. The second-order valence-corrected chi connectivity index (χ2v) is 9.18. The number of hydrogen-bond acceptors (Lipinski definition) is 5. The molecule has 3 aromatic heterocycles. The predicted octanol–water partition coefficient (Wildman–Crippen LogP) is 4.64. The minimum atomic E-state index is -0.124. The summed E-state index contributed by atoms with van der Waals surface area (Å²) in [5.74, 6) is -0.124. The average Bonchev–Trinajstić information content (AvgIpc) is 3.48. The Morgan fingerprint density at radius 3 is 2.82 bits per heavy atom. The Balaban J connectivity index is 1.27. The first-order valence-corrected chi connectivity index (χ1v) is 12.1. The van der Waals surface area contributed by atoms with Gasteiger partial charge in [-0.1, -0.05) is 18.2 Å². The summed E-state index contributed by atoms with van der Waals surface area (Å²) < 4.78 is 1.82. The lowest BCUT2D eigenvalue weighted by Crippen LogP contribution is -2.23. The van der Waals surface area contributed by atoms with Crippen LogP contribution in [0.1, 0.15) is 34.0 Å². The van der Waals surface area contributed by atoms with Crippen molar-refractivity contribution >= 4 is 23.3 Å². The summed E-state index contributed by atoms with van der Waals surface area (Å²) in [6.45, 7) is 0.578. The number of aryl methyl sites for hydroxylation is 2. The molecule has 1 aliphatic carbocycles. The van der Waals surface area contributed by atoms with Crippen molar-refractivity contribution in [1.29, 1.82) is 0 Å². The van der Waals surface area contributed by atoms with Crippen LogP contribution in [-0.2, 0) is 24.1 Å². The second-order valence-electron chi connectivity index (χ2n) is 8.01. The topological polar surface area (TPSA) is 72.7 Å². The molecule has 6 nitrogen and oxygen atoms in total. The van der Waals surface area contributed by atoms with Gasteiger partial charge in [0.25, 0.3) is 0 Å². The van der Waals surface area contributed by atoms with E-state index in [1.807, 2.05) is 59.4 Å². The number of nitrogens with one attached hydrogen (secondary N) is 1. The summed E-state index contributed by atoms with van der Waals surface area (Å²) in [5.41, 5.74) is 4.77. The summed E-state index contributed by atoms with van der Waals surface area (Å²) in [6.07, 6.45) is 14.3. The highest BCUT2D eigenvalue weighted by Gasteiger charge is 2.15. The lowest BCUT2D eigenvalue weighted by molar-refractivity contribution is -0.116. The number of rotatable bonds is 7. The highest BCUT2D eigenvalue weighted by molar-refractivity contribution is 7.11. The third-order valence-electron chi connectivity index (χ3n) is 5.64. The minimum Gasteiger partial charge on any atom is -0.352 e. The van der Waals surface area contributed by atoms with Crippen molar-refractivity contribution in [2.75, 3.05) is 6.54 Å². The Labute approximate surface area is 197 Å². The largest absolute Gasteiger partial charge is 0.352 e. The Morgan fingerprint density at radius 2 is 2.00 bits per heavy atom. The molecule has 5 rings (SSSR count). The van der Waals surface area contributed by atoms with Gasteiger partial charge in [-0.05, 0) is 56.0 Å². The number of benzene rings is 1. The molecule has 0 aliphatic heterocycles. The molecule has 0 saturated carbocycles. The summed E-state index contributed by atoms with van der Waals surface area (Å²) in [7, 11) is 0. The van der Waals surface area contributed by atoms with Crippen LogP contribution in [0.2, 0.25) is 0 Å². The number of thiazole rings is 1. The van der Waals surface area contributed by atoms with E-state index in [4.69, 9.17) is 10.1 Å². The third kappa shape index (κ3) is 5.09. The molecule has 0 atom stereocenters. The highest BCUT2D eigenvalue weighted by Crippen LogP contribution is 2.27. The number of carbonyl (C=O) groups is 1. The average molecular weight is 456 g/mol. The van der Waals surface area contributed by atoms with Crippen molar-refractivity contribution in [3.05, 3.63) is 88.3 Å². The van der Waals surface area contributed by atoms with Gasteiger partial charge in [-0.3, -0.25) is 9.78 Å². The monoisotopic (exact) mass is 455 g/mol. The molecule has 0 unspecified atom stereocenters. The van der Waals surface area contributed by atoms with Crippen LogP contribution in [0, 0.1) is 0 Å². The lowest BCUT2D eigenvalue weighted by atomic mass is 10.0. The molecule has 4 aromatic rings. The molecule has 1 aromatic carbocycles. The summed E-state index contributed by atoms with van der Waals surface area (Å²) in [6, 6.07) is 13.8. The van der Waals surface area contributed by atoms with E-state index in [-0.39, 0.29) is 5.91 Å². The van der Waals surface area contributed by atoms with Crippen molar-refractivity contribution in [2.24, 2.45) is 0 Å². The number of fused-ring (bicyclic) bond motifs is 1. The first-order valence-electron chi connectivity index (χ1n) is 11.2. The van der Waals surface area contributed by atoms with Crippen LogP contribution in [0.3, 0.4) is 0 Å². The molecule has 0 bridgehead atoms. The van der Waals surface area contributed by atoms with Gasteiger partial charge < -0.3 is 5.32 Å². The maximum atomic E-state index is 12.5. The van der Waals surface area contributed by atoms with Crippen LogP contribution in [0.15, 0.2) is 67.1 Å². The van der Waals surface area contributed by atoms with Gasteiger partial charge >= 0.3 is 0 Å². The van der Waals surface area contributed by atoms with E-state index in [0.29, 0.717) is 6.54 Å². The van der Waals surface area contributed by atoms with Crippen molar-refractivity contribution in [1.82, 2.24) is 25.1 Å². The Bertz CT molecular complexity index is 1240. The zero-order valence-corrected chi connectivity index (χ0v) is 19.1. The Morgan fingerprint density at radius 1 is 1.12 bits per heavy atom. The van der Waals surface area contributed by atoms with Gasteiger partial charge in [0.1, 0.15) is 5.69 Å². The number of para-hydroxylation sites is 1. The van der Waals surface area contributed by atoms with E-state index < -0.39 is 0 Å². The van der Waals surface area contributed by atoms with Crippen LogP contribution in [0.4, 0.5) is 0 Å². The van der Waals surface area contributed by atoms with Crippen molar-refractivity contribution in [3.63, 3.8) is 0 Å². The first-order chi connectivity index (χ1) is 16.3. The molecule has 0 saturated heterocycles. The normalized spacial score (nSPS) is 13.2. The van der Waals surface area contributed by atoms with Gasteiger partial charge in [-0.2, -0.15) is 5.10 Å². The van der Waals surface area contributed by atoms with E-state index in [1.54, 1.807) is 29.8 Å². The molecular formula is C26H25N5OS. The van der Waals surface area contributed by atoms with E-state index in [2.05, 4.69) is 10.3 Å². The van der Waals surface area contributed by atoms with Gasteiger partial charge in [-0.15, -0.1) is 11.3 Å². The SMILES string of the molecule is O=C(/C=C/c1cn(-c2ccccc2)nc1-c1cccnc1)NCCc1nc2c(s1)CCCC2. The van der Waals surface area contributed by atoms with Crippen LogP contribution in [0.5, 0.6) is 0 Å². The van der Waals surface area contributed by atoms with E-state index in [9.17, 15) is 4.79 Å². The number of carbonyl (C=O) groups excluding carboxylic acids is 1. The van der Waals surface area contributed by atoms with E-state index in [0.717, 1.165) is 46.8 Å². The van der Waals surface area contributed by atoms with Crippen molar-refractivity contribution < 1.29 is 4.79 Å². The number of amides is 1. The smallest absolute Gasteiger partial charge is 0.244 e. The van der Waals surface area contributed by atoms with Gasteiger partial charge in [0.2, 0.25) is 5.91 Å². The standard InChI is InChI=1S/C26H25N5OS/c32-24(28-16-14-25-29-22-10-4-5-11-23(22)33-25)13-12-20-18-31(21-8-2-1-3-9-21)30-26(20)19-7-6-15-27-17-19/h1-3,6-9,12-13,15,17-18H,4-5,10-11,14,16H2,(H,28,32)/b13-12+. The fourth-order valence-corrected chi connectivity index (χ4v) is 5.14. The van der Waals surface area contributed by atoms with Crippen molar-refractivity contribution in [2.45, 2.75) is 32.1 Å². The number of aromatic nitrogens is 4.